The average molecular weight is 265 g/mol. The number of rotatable bonds is 9. The molecule has 1 heterocycles. The van der Waals surface area contributed by atoms with Gasteiger partial charge in [0.1, 0.15) is 0 Å². The lowest BCUT2D eigenvalue weighted by molar-refractivity contribution is 0.0189. The SMILES string of the molecule is CCCn1cc(C(NCC)C(OCC)C2CC2)cn1. The molecule has 1 aliphatic carbocycles. The van der Waals surface area contributed by atoms with Crippen LogP contribution in [0.1, 0.15) is 51.6 Å². The number of aryl methyl sites for hydroxylation is 1. The zero-order chi connectivity index (χ0) is 13.7. The van der Waals surface area contributed by atoms with E-state index in [0.29, 0.717) is 6.10 Å². The lowest BCUT2D eigenvalue weighted by Crippen LogP contribution is -2.35. The third-order valence-electron chi connectivity index (χ3n) is 3.66. The molecule has 0 radical (unpaired) electrons. The maximum Gasteiger partial charge on any atom is 0.0798 e. The lowest BCUT2D eigenvalue weighted by Gasteiger charge is -2.27. The highest BCUT2D eigenvalue weighted by molar-refractivity contribution is 5.14. The molecule has 1 N–H and O–H groups in total. The van der Waals surface area contributed by atoms with Crippen LogP contribution in [0.5, 0.6) is 0 Å². The summed E-state index contributed by atoms with van der Waals surface area (Å²) in [5, 5.41) is 8.03. The Morgan fingerprint density at radius 1 is 1.42 bits per heavy atom. The molecule has 0 aromatic carbocycles. The van der Waals surface area contributed by atoms with Gasteiger partial charge in [-0.25, -0.2) is 0 Å². The number of nitrogens with zero attached hydrogens (tertiary/aromatic N) is 2. The molecule has 4 heteroatoms. The Morgan fingerprint density at radius 2 is 2.21 bits per heavy atom. The fourth-order valence-electron chi connectivity index (χ4n) is 2.66. The second-order valence-electron chi connectivity index (χ2n) is 5.33. The van der Waals surface area contributed by atoms with Gasteiger partial charge >= 0.3 is 0 Å². The Hall–Kier alpha value is -0.870. The van der Waals surface area contributed by atoms with Crippen LogP contribution >= 0.6 is 0 Å². The number of likely N-dealkylation sites (N-methyl/N-ethyl adjacent to an activating group) is 1. The zero-order valence-electron chi connectivity index (χ0n) is 12.4. The fraction of sp³-hybridized carbons (Fsp3) is 0.800. The van der Waals surface area contributed by atoms with Gasteiger partial charge in [0.2, 0.25) is 0 Å². The van der Waals surface area contributed by atoms with Gasteiger partial charge in [-0.2, -0.15) is 5.10 Å². The van der Waals surface area contributed by atoms with Crippen molar-refractivity contribution in [3.8, 4) is 0 Å². The summed E-state index contributed by atoms with van der Waals surface area (Å²) in [5.41, 5.74) is 1.26. The summed E-state index contributed by atoms with van der Waals surface area (Å²) in [7, 11) is 0. The summed E-state index contributed by atoms with van der Waals surface area (Å²) in [6.45, 7) is 9.14. The Kier molecular flexibility index (Phi) is 5.40. The molecule has 0 spiro atoms. The van der Waals surface area contributed by atoms with Crippen molar-refractivity contribution in [2.75, 3.05) is 13.2 Å². The van der Waals surface area contributed by atoms with Crippen molar-refractivity contribution >= 4 is 0 Å². The molecule has 19 heavy (non-hydrogen) atoms. The highest BCUT2D eigenvalue weighted by atomic mass is 16.5. The Bertz CT molecular complexity index is 373. The van der Waals surface area contributed by atoms with Crippen molar-refractivity contribution in [1.82, 2.24) is 15.1 Å². The molecular formula is C15H27N3O. The lowest BCUT2D eigenvalue weighted by atomic mass is 10.0. The van der Waals surface area contributed by atoms with Crippen LogP contribution in [0.2, 0.25) is 0 Å². The number of nitrogens with one attached hydrogen (secondary N) is 1. The second-order valence-corrected chi connectivity index (χ2v) is 5.33. The normalized spacial score (nSPS) is 18.5. The average Bonchev–Trinajstić information content (AvgIpc) is 3.14. The molecule has 0 saturated heterocycles. The Labute approximate surface area is 116 Å². The molecule has 1 aromatic heterocycles. The summed E-state index contributed by atoms with van der Waals surface area (Å²) < 4.78 is 8.04. The van der Waals surface area contributed by atoms with Gasteiger partial charge < -0.3 is 10.1 Å². The van der Waals surface area contributed by atoms with E-state index >= 15 is 0 Å². The predicted molar refractivity (Wildman–Crippen MR) is 77.1 cm³/mol. The molecule has 2 rings (SSSR count). The maximum absolute atomic E-state index is 6.00. The van der Waals surface area contributed by atoms with Gasteiger partial charge in [-0.05, 0) is 38.6 Å². The molecule has 1 fully saturated rings. The number of hydrogen-bond acceptors (Lipinski definition) is 3. The third kappa shape index (κ3) is 3.80. The minimum absolute atomic E-state index is 0.281. The minimum atomic E-state index is 0.281. The van der Waals surface area contributed by atoms with Crippen LogP contribution in [-0.4, -0.2) is 29.0 Å². The van der Waals surface area contributed by atoms with Crippen LogP contribution < -0.4 is 5.32 Å². The monoisotopic (exact) mass is 265 g/mol. The summed E-state index contributed by atoms with van der Waals surface area (Å²) >= 11 is 0. The van der Waals surface area contributed by atoms with Gasteiger partial charge in [-0.1, -0.05) is 13.8 Å². The molecule has 1 aromatic rings. The predicted octanol–water partition coefficient (Wildman–Crippen LogP) is 2.76. The minimum Gasteiger partial charge on any atom is -0.376 e. The van der Waals surface area contributed by atoms with Crippen molar-refractivity contribution in [2.45, 2.75) is 58.7 Å². The first-order chi connectivity index (χ1) is 9.30. The summed E-state index contributed by atoms with van der Waals surface area (Å²) in [6, 6.07) is 0.281. The quantitative estimate of drug-likeness (QED) is 0.746. The van der Waals surface area contributed by atoms with E-state index in [9.17, 15) is 0 Å². The first kappa shape index (κ1) is 14.5. The van der Waals surface area contributed by atoms with Crippen molar-refractivity contribution in [3.63, 3.8) is 0 Å². The number of hydrogen-bond donors (Lipinski definition) is 1. The van der Waals surface area contributed by atoms with E-state index in [2.05, 4.69) is 37.4 Å². The van der Waals surface area contributed by atoms with E-state index in [0.717, 1.165) is 32.0 Å². The molecule has 2 atom stereocenters. The van der Waals surface area contributed by atoms with E-state index in [4.69, 9.17) is 4.74 Å². The summed E-state index contributed by atoms with van der Waals surface area (Å²) in [4.78, 5) is 0. The van der Waals surface area contributed by atoms with E-state index in [1.165, 1.54) is 18.4 Å². The van der Waals surface area contributed by atoms with E-state index in [1.54, 1.807) is 0 Å². The van der Waals surface area contributed by atoms with Gasteiger partial charge in [0.25, 0.3) is 0 Å². The van der Waals surface area contributed by atoms with E-state index < -0.39 is 0 Å². The van der Waals surface area contributed by atoms with Crippen molar-refractivity contribution < 1.29 is 4.74 Å². The first-order valence-corrected chi connectivity index (χ1v) is 7.67. The molecule has 1 saturated carbocycles. The van der Waals surface area contributed by atoms with Gasteiger partial charge in [-0.3, -0.25) is 4.68 Å². The van der Waals surface area contributed by atoms with Gasteiger partial charge in [0.05, 0.1) is 18.3 Å². The maximum atomic E-state index is 6.00. The van der Waals surface area contributed by atoms with Crippen LogP contribution in [0.25, 0.3) is 0 Å². The first-order valence-electron chi connectivity index (χ1n) is 7.67. The highest BCUT2D eigenvalue weighted by Gasteiger charge is 2.38. The van der Waals surface area contributed by atoms with Crippen LogP contribution in [0, 0.1) is 5.92 Å². The van der Waals surface area contributed by atoms with Gasteiger partial charge in [0, 0.05) is 24.9 Å². The smallest absolute Gasteiger partial charge is 0.0798 e. The van der Waals surface area contributed by atoms with Crippen LogP contribution in [0.3, 0.4) is 0 Å². The Balaban J connectivity index is 2.11. The van der Waals surface area contributed by atoms with Crippen LogP contribution in [0.4, 0.5) is 0 Å². The van der Waals surface area contributed by atoms with Crippen molar-refractivity contribution in [1.29, 1.82) is 0 Å². The second kappa shape index (κ2) is 7.06. The molecule has 0 amide bonds. The van der Waals surface area contributed by atoms with Crippen LogP contribution in [0.15, 0.2) is 12.4 Å². The molecule has 108 valence electrons. The van der Waals surface area contributed by atoms with E-state index in [-0.39, 0.29) is 6.04 Å². The van der Waals surface area contributed by atoms with E-state index in [1.807, 2.05) is 10.9 Å². The summed E-state index contributed by atoms with van der Waals surface area (Å²) in [6.07, 6.45) is 8.18. The topological polar surface area (TPSA) is 39.1 Å². The van der Waals surface area contributed by atoms with Crippen molar-refractivity contribution in [2.24, 2.45) is 5.92 Å². The van der Waals surface area contributed by atoms with Gasteiger partial charge in [-0.15, -0.1) is 0 Å². The molecule has 2 unspecified atom stereocenters. The third-order valence-corrected chi connectivity index (χ3v) is 3.66. The Morgan fingerprint density at radius 3 is 2.79 bits per heavy atom. The molecule has 1 aliphatic rings. The number of ether oxygens (including phenoxy) is 1. The summed E-state index contributed by atoms with van der Waals surface area (Å²) in [5.74, 6) is 0.721. The molecule has 4 nitrogen and oxygen atoms in total. The van der Waals surface area contributed by atoms with Crippen LogP contribution in [-0.2, 0) is 11.3 Å². The van der Waals surface area contributed by atoms with Crippen molar-refractivity contribution in [3.05, 3.63) is 18.0 Å². The standard InChI is InChI=1S/C15H27N3O/c1-4-9-18-11-13(10-17-18)14(16-5-2)15(19-6-3)12-7-8-12/h10-12,14-16H,4-9H2,1-3H3. The highest BCUT2D eigenvalue weighted by Crippen LogP contribution is 2.40. The number of aromatic nitrogens is 2. The molecule has 0 aliphatic heterocycles. The zero-order valence-corrected chi connectivity index (χ0v) is 12.4. The molecule has 0 bridgehead atoms. The molecular weight excluding hydrogens is 238 g/mol. The fourth-order valence-corrected chi connectivity index (χ4v) is 2.66. The van der Waals surface area contributed by atoms with Gasteiger partial charge in [0.15, 0.2) is 0 Å². The largest absolute Gasteiger partial charge is 0.376 e.